The Bertz CT molecular complexity index is 291. The maximum atomic E-state index is 12.3. The van der Waals surface area contributed by atoms with Gasteiger partial charge in [0.2, 0.25) is 5.91 Å². The van der Waals surface area contributed by atoms with E-state index < -0.39 is 0 Å². The third-order valence-corrected chi connectivity index (χ3v) is 3.35. The van der Waals surface area contributed by atoms with E-state index >= 15 is 0 Å². The molecule has 1 saturated heterocycles. The van der Waals surface area contributed by atoms with E-state index in [1.807, 2.05) is 6.92 Å². The van der Waals surface area contributed by atoms with Gasteiger partial charge in [0, 0.05) is 6.54 Å². The molecule has 0 saturated carbocycles. The summed E-state index contributed by atoms with van der Waals surface area (Å²) in [5.74, 6) is 2.69. The van der Waals surface area contributed by atoms with Crippen LogP contribution in [0.4, 0.5) is 0 Å². The number of carbonyl (C=O) groups excluding carboxylic acids is 1. The van der Waals surface area contributed by atoms with Crippen LogP contribution in [0.3, 0.4) is 0 Å². The van der Waals surface area contributed by atoms with Gasteiger partial charge in [-0.25, -0.2) is 0 Å². The zero-order chi connectivity index (χ0) is 12.2. The van der Waals surface area contributed by atoms with Crippen molar-refractivity contribution in [1.29, 1.82) is 0 Å². The number of hydrogen-bond acceptors (Lipinski definition) is 2. The molecule has 0 aromatic heterocycles. The molecule has 1 aliphatic heterocycles. The normalized spacial score (nSPS) is 23.5. The van der Waals surface area contributed by atoms with Crippen LogP contribution < -0.4 is 5.32 Å². The number of hydrogen-bond donors (Lipinski definition) is 1. The van der Waals surface area contributed by atoms with Gasteiger partial charge in [-0.2, -0.15) is 0 Å². The lowest BCUT2D eigenvalue weighted by molar-refractivity contribution is -0.136. The summed E-state index contributed by atoms with van der Waals surface area (Å²) in [7, 11) is 0. The van der Waals surface area contributed by atoms with Gasteiger partial charge in [-0.05, 0) is 31.7 Å². The first kappa shape index (κ1) is 13.1. The van der Waals surface area contributed by atoms with E-state index in [1.165, 1.54) is 0 Å². The van der Waals surface area contributed by atoms with Gasteiger partial charge in [0.15, 0.2) is 0 Å². The Morgan fingerprint density at radius 1 is 1.62 bits per heavy atom. The second-order valence-electron chi connectivity index (χ2n) is 5.04. The molecule has 0 bridgehead atoms. The summed E-state index contributed by atoms with van der Waals surface area (Å²) >= 11 is 0. The van der Waals surface area contributed by atoms with Crippen molar-refractivity contribution >= 4 is 5.91 Å². The number of likely N-dealkylation sites (N-methyl/N-ethyl adjacent to an activating group) is 1. The van der Waals surface area contributed by atoms with Crippen LogP contribution in [0.15, 0.2) is 0 Å². The summed E-state index contributed by atoms with van der Waals surface area (Å²) in [6.45, 7) is 8.26. The second-order valence-corrected chi connectivity index (χ2v) is 5.04. The lowest BCUT2D eigenvalue weighted by atomic mass is 9.77. The van der Waals surface area contributed by atoms with Crippen LogP contribution in [0.1, 0.15) is 33.6 Å². The van der Waals surface area contributed by atoms with Gasteiger partial charge in [-0.3, -0.25) is 4.79 Å². The Kier molecular flexibility index (Phi) is 4.37. The van der Waals surface area contributed by atoms with Crippen LogP contribution in [0, 0.1) is 17.8 Å². The molecule has 1 heterocycles. The molecule has 3 heteroatoms. The summed E-state index contributed by atoms with van der Waals surface area (Å²) in [6.07, 6.45) is 7.50. The molecular weight excluding hydrogens is 200 g/mol. The smallest absolute Gasteiger partial charge is 0.241 e. The molecule has 0 spiro atoms. The molecule has 0 aliphatic carbocycles. The summed E-state index contributed by atoms with van der Waals surface area (Å²) in [5.41, 5.74) is 0.0252. The maximum Gasteiger partial charge on any atom is 0.241 e. The van der Waals surface area contributed by atoms with E-state index in [-0.39, 0.29) is 17.4 Å². The Hall–Kier alpha value is -1.01. The molecule has 90 valence electrons. The predicted octanol–water partition coefficient (Wildman–Crippen LogP) is 1.25. The van der Waals surface area contributed by atoms with Gasteiger partial charge in [0.1, 0.15) is 0 Å². The van der Waals surface area contributed by atoms with Crippen molar-refractivity contribution in [1.82, 2.24) is 10.2 Å². The fourth-order valence-electron chi connectivity index (χ4n) is 2.27. The van der Waals surface area contributed by atoms with Crippen molar-refractivity contribution in [2.75, 3.05) is 19.6 Å². The molecule has 1 N–H and O–H groups in total. The summed E-state index contributed by atoms with van der Waals surface area (Å²) in [5, 5.41) is 3.32. The highest BCUT2D eigenvalue weighted by molar-refractivity contribution is 5.83. The highest BCUT2D eigenvalue weighted by Crippen LogP contribution is 2.30. The largest absolute Gasteiger partial charge is 0.330 e. The Balaban J connectivity index is 2.74. The highest BCUT2D eigenvalue weighted by atomic mass is 16.2. The lowest BCUT2D eigenvalue weighted by Crippen LogP contribution is -2.56. The Labute approximate surface area is 98.6 Å². The molecule has 1 amide bonds. The molecule has 3 nitrogen and oxygen atoms in total. The van der Waals surface area contributed by atoms with Gasteiger partial charge in [-0.15, -0.1) is 6.42 Å². The van der Waals surface area contributed by atoms with Gasteiger partial charge in [0.25, 0.3) is 0 Å². The number of piperidine rings is 1. The first-order valence-corrected chi connectivity index (χ1v) is 5.98. The number of amides is 1. The fourth-order valence-corrected chi connectivity index (χ4v) is 2.27. The molecule has 1 aliphatic rings. The van der Waals surface area contributed by atoms with E-state index in [0.717, 1.165) is 19.4 Å². The topological polar surface area (TPSA) is 32.3 Å². The van der Waals surface area contributed by atoms with Crippen LogP contribution in [-0.4, -0.2) is 36.5 Å². The van der Waals surface area contributed by atoms with Crippen molar-refractivity contribution < 1.29 is 4.79 Å². The molecule has 1 rings (SSSR count). The zero-order valence-electron chi connectivity index (χ0n) is 10.5. The van der Waals surface area contributed by atoms with Crippen LogP contribution in [0.2, 0.25) is 0 Å². The van der Waals surface area contributed by atoms with Gasteiger partial charge in [0.05, 0.1) is 12.6 Å². The number of terminal acetylenes is 1. The second kappa shape index (κ2) is 5.36. The minimum atomic E-state index is -0.0884. The summed E-state index contributed by atoms with van der Waals surface area (Å²) in [4.78, 5) is 14.0. The minimum Gasteiger partial charge on any atom is -0.330 e. The van der Waals surface area contributed by atoms with Crippen molar-refractivity contribution in [3.63, 3.8) is 0 Å². The molecule has 0 aromatic carbocycles. The number of nitrogens with zero attached hydrogens (tertiary/aromatic N) is 1. The number of carbonyl (C=O) groups is 1. The SMILES string of the molecule is C#CCN(CC)C(=O)C1NCCCC1(C)C. The monoisotopic (exact) mass is 222 g/mol. The average molecular weight is 222 g/mol. The predicted molar refractivity (Wildman–Crippen MR) is 65.9 cm³/mol. The van der Waals surface area contributed by atoms with Crippen molar-refractivity contribution in [3.05, 3.63) is 0 Å². The molecule has 0 aromatic rings. The van der Waals surface area contributed by atoms with Gasteiger partial charge in [-0.1, -0.05) is 19.8 Å². The van der Waals surface area contributed by atoms with Crippen molar-refractivity contribution in [2.45, 2.75) is 39.7 Å². The van der Waals surface area contributed by atoms with Crippen molar-refractivity contribution in [3.8, 4) is 12.3 Å². The standard InChI is InChI=1S/C13H22N2O/c1-5-10-15(6-2)12(16)11-13(3,4)8-7-9-14-11/h1,11,14H,6-10H2,2-4H3. The van der Waals surface area contributed by atoms with Crippen LogP contribution >= 0.6 is 0 Å². The van der Waals surface area contributed by atoms with E-state index in [9.17, 15) is 4.79 Å². The minimum absolute atomic E-state index is 0.0252. The average Bonchev–Trinajstić information content (AvgIpc) is 2.24. The lowest BCUT2D eigenvalue weighted by Gasteiger charge is -2.40. The maximum absolute atomic E-state index is 12.3. The Morgan fingerprint density at radius 3 is 2.81 bits per heavy atom. The van der Waals surface area contributed by atoms with E-state index in [1.54, 1.807) is 4.90 Å². The quantitative estimate of drug-likeness (QED) is 0.729. The highest BCUT2D eigenvalue weighted by Gasteiger charge is 2.38. The van der Waals surface area contributed by atoms with Crippen LogP contribution in [0.5, 0.6) is 0 Å². The van der Waals surface area contributed by atoms with Crippen LogP contribution in [0.25, 0.3) is 0 Å². The third kappa shape index (κ3) is 2.76. The summed E-state index contributed by atoms with van der Waals surface area (Å²) in [6, 6.07) is -0.0884. The molecule has 1 unspecified atom stereocenters. The first-order chi connectivity index (χ1) is 7.53. The van der Waals surface area contributed by atoms with Gasteiger partial charge >= 0.3 is 0 Å². The third-order valence-electron chi connectivity index (χ3n) is 3.35. The molecule has 0 radical (unpaired) electrons. The van der Waals surface area contributed by atoms with E-state index in [0.29, 0.717) is 13.1 Å². The molecule has 1 atom stereocenters. The Morgan fingerprint density at radius 2 is 2.31 bits per heavy atom. The van der Waals surface area contributed by atoms with Crippen molar-refractivity contribution in [2.24, 2.45) is 5.41 Å². The van der Waals surface area contributed by atoms with Gasteiger partial charge < -0.3 is 10.2 Å². The molecule has 16 heavy (non-hydrogen) atoms. The first-order valence-electron chi connectivity index (χ1n) is 5.98. The number of rotatable bonds is 3. The number of nitrogens with one attached hydrogen (secondary N) is 1. The van der Waals surface area contributed by atoms with E-state index in [4.69, 9.17) is 6.42 Å². The van der Waals surface area contributed by atoms with Crippen LogP contribution in [-0.2, 0) is 4.79 Å². The molecular formula is C13H22N2O. The summed E-state index contributed by atoms with van der Waals surface area (Å²) < 4.78 is 0. The zero-order valence-corrected chi connectivity index (χ0v) is 10.5. The molecule has 1 fully saturated rings. The van der Waals surface area contributed by atoms with E-state index in [2.05, 4.69) is 25.1 Å². The fraction of sp³-hybridized carbons (Fsp3) is 0.769.